The van der Waals surface area contributed by atoms with Crippen LogP contribution in [0.25, 0.3) is 0 Å². The molecule has 0 atom stereocenters. The van der Waals surface area contributed by atoms with Gasteiger partial charge in [0.05, 0.1) is 29.4 Å². The highest BCUT2D eigenvalue weighted by Crippen LogP contribution is 2.20. The molecule has 0 bridgehead atoms. The summed E-state index contributed by atoms with van der Waals surface area (Å²) < 4.78 is 22.8. The van der Waals surface area contributed by atoms with Gasteiger partial charge in [-0.25, -0.2) is 8.42 Å². The lowest BCUT2D eigenvalue weighted by Gasteiger charge is -2.25. The maximum atomic E-state index is 12.1. The molecule has 0 saturated carbocycles. The van der Waals surface area contributed by atoms with Gasteiger partial charge >= 0.3 is 0 Å². The zero-order valence-corrected chi connectivity index (χ0v) is 15.0. The van der Waals surface area contributed by atoms with Gasteiger partial charge in [0.25, 0.3) is 0 Å². The Morgan fingerprint density at radius 3 is 2.12 bits per heavy atom. The van der Waals surface area contributed by atoms with Gasteiger partial charge in [0.15, 0.2) is 9.84 Å². The van der Waals surface area contributed by atoms with E-state index >= 15 is 0 Å². The van der Waals surface area contributed by atoms with E-state index in [1.165, 1.54) is 0 Å². The van der Waals surface area contributed by atoms with E-state index in [1.54, 1.807) is 24.3 Å². The number of carbonyl (C=O) groups is 1. The predicted molar refractivity (Wildman–Crippen MR) is 101 cm³/mol. The molecule has 0 aliphatic carbocycles. The molecule has 1 fully saturated rings. The van der Waals surface area contributed by atoms with Crippen molar-refractivity contribution in [2.45, 2.75) is 0 Å². The summed E-state index contributed by atoms with van der Waals surface area (Å²) in [5, 5.41) is 11.1. The van der Waals surface area contributed by atoms with Crippen molar-refractivity contribution < 1.29 is 13.2 Å². The first kappa shape index (κ1) is 18.2. The van der Waals surface area contributed by atoms with Crippen LogP contribution >= 0.6 is 0 Å². The number of amides is 1. The first-order valence-electron chi connectivity index (χ1n) is 8.30. The van der Waals surface area contributed by atoms with Gasteiger partial charge in [-0.3, -0.25) is 9.69 Å². The van der Waals surface area contributed by atoms with Crippen LogP contribution in [0.1, 0.15) is 0 Å². The van der Waals surface area contributed by atoms with Gasteiger partial charge in [0.2, 0.25) is 5.91 Å². The Hall–Kier alpha value is -2.58. The molecule has 1 saturated heterocycles. The third kappa shape index (κ3) is 5.47. The van der Waals surface area contributed by atoms with Crippen LogP contribution in [0.5, 0.6) is 0 Å². The molecule has 0 spiro atoms. The summed E-state index contributed by atoms with van der Waals surface area (Å²) in [7, 11) is -2.93. The minimum Gasteiger partial charge on any atom is -0.325 e. The van der Waals surface area contributed by atoms with E-state index in [0.717, 1.165) is 5.69 Å². The second kappa shape index (κ2) is 8.20. The van der Waals surface area contributed by atoms with Crippen molar-refractivity contribution in [2.24, 2.45) is 10.2 Å². The van der Waals surface area contributed by atoms with Crippen molar-refractivity contribution in [1.82, 2.24) is 4.90 Å². The van der Waals surface area contributed by atoms with Crippen LogP contribution in [0.15, 0.2) is 64.8 Å². The molecule has 2 aromatic carbocycles. The van der Waals surface area contributed by atoms with Gasteiger partial charge in [-0.1, -0.05) is 18.2 Å². The molecule has 0 aromatic heterocycles. The minimum atomic E-state index is -2.93. The van der Waals surface area contributed by atoms with E-state index in [9.17, 15) is 13.2 Å². The van der Waals surface area contributed by atoms with Crippen LogP contribution < -0.4 is 5.32 Å². The number of anilines is 1. The smallest absolute Gasteiger partial charge is 0.238 e. The van der Waals surface area contributed by atoms with Crippen molar-refractivity contribution in [3.8, 4) is 0 Å². The number of carbonyl (C=O) groups excluding carboxylic acids is 1. The normalized spacial score (nSPS) is 17.2. The molecule has 1 N–H and O–H groups in total. The molecular weight excluding hydrogens is 352 g/mol. The summed E-state index contributed by atoms with van der Waals surface area (Å²) in [4.78, 5) is 13.9. The maximum Gasteiger partial charge on any atom is 0.238 e. The van der Waals surface area contributed by atoms with E-state index < -0.39 is 9.84 Å². The fourth-order valence-corrected chi connectivity index (χ4v) is 3.81. The summed E-state index contributed by atoms with van der Waals surface area (Å²) in [5.74, 6) is 0.0611. The number of hydrogen-bond acceptors (Lipinski definition) is 6. The van der Waals surface area contributed by atoms with Gasteiger partial charge in [-0.05, 0) is 36.4 Å². The molecule has 1 heterocycles. The fraction of sp³-hybridized carbons (Fsp3) is 0.278. The summed E-state index contributed by atoms with van der Waals surface area (Å²) >= 11 is 0. The molecule has 2 aromatic rings. The molecule has 0 unspecified atom stereocenters. The highest BCUT2D eigenvalue weighted by Gasteiger charge is 2.22. The number of azo groups is 1. The average molecular weight is 372 g/mol. The lowest BCUT2D eigenvalue weighted by atomic mass is 10.3. The fourth-order valence-electron chi connectivity index (χ4n) is 2.53. The van der Waals surface area contributed by atoms with E-state index in [-0.39, 0.29) is 24.0 Å². The zero-order chi connectivity index (χ0) is 18.4. The molecule has 1 aliphatic rings. The quantitative estimate of drug-likeness (QED) is 0.817. The first-order chi connectivity index (χ1) is 12.5. The third-order valence-electron chi connectivity index (χ3n) is 3.99. The van der Waals surface area contributed by atoms with Crippen molar-refractivity contribution in [1.29, 1.82) is 0 Å². The molecule has 0 radical (unpaired) electrons. The van der Waals surface area contributed by atoms with Gasteiger partial charge in [0.1, 0.15) is 0 Å². The van der Waals surface area contributed by atoms with Crippen LogP contribution in [-0.4, -0.2) is 50.4 Å². The van der Waals surface area contributed by atoms with Crippen molar-refractivity contribution in [3.63, 3.8) is 0 Å². The van der Waals surface area contributed by atoms with Crippen molar-refractivity contribution >= 4 is 32.8 Å². The third-order valence-corrected chi connectivity index (χ3v) is 5.60. The molecular formula is C18H20N4O3S. The summed E-state index contributed by atoms with van der Waals surface area (Å²) in [5.41, 5.74) is 2.12. The zero-order valence-electron chi connectivity index (χ0n) is 14.2. The molecule has 7 nitrogen and oxygen atoms in total. The average Bonchev–Trinajstić information content (AvgIpc) is 2.64. The van der Waals surface area contributed by atoms with Crippen LogP contribution in [-0.2, 0) is 14.6 Å². The Bertz CT molecular complexity index is 866. The Labute approximate surface area is 152 Å². The minimum absolute atomic E-state index is 0.112. The molecule has 1 aliphatic heterocycles. The molecule has 1 amide bonds. The number of rotatable bonds is 5. The second-order valence-electron chi connectivity index (χ2n) is 6.06. The Morgan fingerprint density at radius 2 is 1.50 bits per heavy atom. The SMILES string of the molecule is O=C(CN1CCS(=O)(=O)CC1)Nc1ccc(N=Nc2ccccc2)cc1. The highest BCUT2D eigenvalue weighted by molar-refractivity contribution is 7.91. The van der Waals surface area contributed by atoms with E-state index in [2.05, 4.69) is 15.5 Å². The van der Waals surface area contributed by atoms with Crippen LogP contribution in [0, 0.1) is 0 Å². The van der Waals surface area contributed by atoms with Gasteiger partial charge in [-0.15, -0.1) is 0 Å². The van der Waals surface area contributed by atoms with Gasteiger partial charge in [-0.2, -0.15) is 10.2 Å². The first-order valence-corrected chi connectivity index (χ1v) is 10.1. The number of nitrogens with one attached hydrogen (secondary N) is 1. The second-order valence-corrected chi connectivity index (χ2v) is 8.36. The molecule has 8 heteroatoms. The molecule has 3 rings (SSSR count). The molecule has 136 valence electrons. The Balaban J connectivity index is 1.51. The Kier molecular flexibility index (Phi) is 5.75. The maximum absolute atomic E-state index is 12.1. The number of nitrogens with zero attached hydrogens (tertiary/aromatic N) is 3. The summed E-state index contributed by atoms with van der Waals surface area (Å²) in [6, 6.07) is 16.5. The number of benzene rings is 2. The van der Waals surface area contributed by atoms with Crippen LogP contribution in [0.3, 0.4) is 0 Å². The van der Waals surface area contributed by atoms with E-state index in [4.69, 9.17) is 0 Å². The lowest BCUT2D eigenvalue weighted by molar-refractivity contribution is -0.117. The lowest BCUT2D eigenvalue weighted by Crippen LogP contribution is -2.43. The van der Waals surface area contributed by atoms with Gasteiger partial charge in [0, 0.05) is 18.8 Å². The predicted octanol–water partition coefficient (Wildman–Crippen LogP) is 2.77. The topological polar surface area (TPSA) is 91.2 Å². The highest BCUT2D eigenvalue weighted by atomic mass is 32.2. The van der Waals surface area contributed by atoms with E-state index in [0.29, 0.717) is 24.5 Å². The van der Waals surface area contributed by atoms with Gasteiger partial charge < -0.3 is 5.32 Å². The number of hydrogen-bond donors (Lipinski definition) is 1. The van der Waals surface area contributed by atoms with Crippen LogP contribution in [0.4, 0.5) is 17.1 Å². The summed E-state index contributed by atoms with van der Waals surface area (Å²) in [6.45, 7) is 0.980. The Morgan fingerprint density at radius 1 is 0.923 bits per heavy atom. The van der Waals surface area contributed by atoms with Crippen LogP contribution in [0.2, 0.25) is 0 Å². The standard InChI is InChI=1S/C18H20N4O3S/c23-18(14-22-10-12-26(24,25)13-11-22)19-15-6-8-17(9-7-15)21-20-16-4-2-1-3-5-16/h1-9H,10-14H2,(H,19,23). The van der Waals surface area contributed by atoms with Crippen molar-refractivity contribution in [2.75, 3.05) is 36.5 Å². The monoisotopic (exact) mass is 372 g/mol. The molecule has 26 heavy (non-hydrogen) atoms. The summed E-state index contributed by atoms with van der Waals surface area (Å²) in [6.07, 6.45) is 0. The van der Waals surface area contributed by atoms with E-state index in [1.807, 2.05) is 35.2 Å². The van der Waals surface area contributed by atoms with Crippen molar-refractivity contribution in [3.05, 3.63) is 54.6 Å². The number of sulfone groups is 1. The largest absolute Gasteiger partial charge is 0.325 e.